The molecule has 0 unspecified atom stereocenters. The van der Waals surface area contributed by atoms with Gasteiger partial charge >= 0.3 is 0 Å². The maximum absolute atomic E-state index is 12.9. The van der Waals surface area contributed by atoms with Crippen molar-refractivity contribution >= 4 is 12.0 Å². The van der Waals surface area contributed by atoms with Crippen molar-refractivity contribution < 1.29 is 9.18 Å². The highest BCUT2D eigenvalue weighted by atomic mass is 19.1. The van der Waals surface area contributed by atoms with Crippen molar-refractivity contribution in [2.45, 2.75) is 24.9 Å². The maximum Gasteiger partial charge on any atom is 0.182 e. The Hall–Kier alpha value is -0.930. The summed E-state index contributed by atoms with van der Waals surface area (Å²) in [7, 11) is 0. The molecule has 0 amide bonds. The van der Waals surface area contributed by atoms with E-state index < -0.39 is 11.1 Å². The topological polar surface area (TPSA) is 55.4 Å². The van der Waals surface area contributed by atoms with Gasteiger partial charge in [0.1, 0.15) is 5.67 Å². The first-order chi connectivity index (χ1) is 5.10. The number of rotatable bonds is 2. The van der Waals surface area contributed by atoms with Crippen LogP contribution in [0.1, 0.15) is 19.3 Å². The van der Waals surface area contributed by atoms with Gasteiger partial charge in [0.05, 0.1) is 6.21 Å². The van der Waals surface area contributed by atoms with Gasteiger partial charge < -0.3 is 5.84 Å². The molecule has 2 bridgehead atoms. The van der Waals surface area contributed by atoms with E-state index in [2.05, 4.69) is 5.10 Å². The Morgan fingerprint density at radius 1 is 1.55 bits per heavy atom. The lowest BCUT2D eigenvalue weighted by molar-refractivity contribution is -0.205. The highest BCUT2D eigenvalue weighted by Crippen LogP contribution is 2.69. The summed E-state index contributed by atoms with van der Waals surface area (Å²) in [5.74, 6) is 4.70. The molecule has 11 heavy (non-hydrogen) atoms. The minimum Gasteiger partial charge on any atom is -0.323 e. The Morgan fingerprint density at radius 3 is 2.45 bits per heavy atom. The molecule has 3 aliphatic carbocycles. The molecule has 0 saturated heterocycles. The number of halogens is 1. The van der Waals surface area contributed by atoms with Crippen molar-refractivity contribution in [3.8, 4) is 0 Å². The molecule has 60 valence electrons. The van der Waals surface area contributed by atoms with Crippen molar-refractivity contribution in [3.63, 3.8) is 0 Å². The monoisotopic (exact) mass is 156 g/mol. The van der Waals surface area contributed by atoms with E-state index in [1.165, 1.54) is 0 Å². The zero-order chi connectivity index (χ0) is 8.11. The predicted molar refractivity (Wildman–Crippen MR) is 37.8 cm³/mol. The summed E-state index contributed by atoms with van der Waals surface area (Å²) in [5.41, 5.74) is -1.42. The Balaban J connectivity index is 2.04. The van der Waals surface area contributed by atoms with Crippen LogP contribution in [0.15, 0.2) is 5.10 Å². The molecule has 0 spiro atoms. The number of ketones is 1. The SMILES string of the molecule is N/N=C\C(=O)[C@]12C[C@@](F)(C1)C2. The summed E-state index contributed by atoms with van der Waals surface area (Å²) in [4.78, 5) is 11.1. The number of carbonyl (C=O) groups is 1. The van der Waals surface area contributed by atoms with Crippen LogP contribution in [0.2, 0.25) is 0 Å². The average Bonchev–Trinajstić information content (AvgIpc) is 1.79. The van der Waals surface area contributed by atoms with Gasteiger partial charge in [-0.1, -0.05) is 0 Å². The van der Waals surface area contributed by atoms with Gasteiger partial charge in [0.15, 0.2) is 5.78 Å². The second kappa shape index (κ2) is 1.62. The second-order valence-electron chi connectivity index (χ2n) is 3.60. The van der Waals surface area contributed by atoms with Gasteiger partial charge in [0, 0.05) is 5.41 Å². The fourth-order valence-corrected chi connectivity index (χ4v) is 2.13. The quantitative estimate of drug-likeness (QED) is 0.357. The zero-order valence-corrected chi connectivity index (χ0v) is 6.01. The van der Waals surface area contributed by atoms with E-state index >= 15 is 0 Å². The Morgan fingerprint density at radius 2 is 2.09 bits per heavy atom. The highest BCUT2D eigenvalue weighted by molar-refractivity contribution is 6.30. The van der Waals surface area contributed by atoms with Gasteiger partial charge in [0.25, 0.3) is 0 Å². The Kier molecular flexibility index (Phi) is 0.998. The first-order valence-electron chi connectivity index (χ1n) is 3.57. The third kappa shape index (κ3) is 0.667. The maximum atomic E-state index is 12.9. The summed E-state index contributed by atoms with van der Waals surface area (Å²) < 4.78 is 12.9. The van der Waals surface area contributed by atoms with Gasteiger partial charge in [0.2, 0.25) is 0 Å². The third-order valence-electron chi connectivity index (χ3n) is 2.68. The highest BCUT2D eigenvalue weighted by Gasteiger charge is 2.72. The molecule has 3 nitrogen and oxygen atoms in total. The lowest BCUT2D eigenvalue weighted by Crippen LogP contribution is -2.68. The Labute approximate surface area is 63.4 Å². The average molecular weight is 156 g/mol. The van der Waals surface area contributed by atoms with E-state index in [4.69, 9.17) is 5.84 Å². The summed E-state index contributed by atoms with van der Waals surface area (Å²) in [6.45, 7) is 0. The van der Waals surface area contributed by atoms with Gasteiger partial charge in [-0.25, -0.2) is 4.39 Å². The van der Waals surface area contributed by atoms with Crippen molar-refractivity contribution in [2.75, 3.05) is 0 Å². The molecule has 4 heteroatoms. The van der Waals surface area contributed by atoms with Gasteiger partial charge in [-0.05, 0) is 19.3 Å². The van der Waals surface area contributed by atoms with Crippen molar-refractivity contribution in [2.24, 2.45) is 16.4 Å². The fraction of sp³-hybridized carbons (Fsp3) is 0.714. The lowest BCUT2D eigenvalue weighted by atomic mass is 9.41. The molecule has 3 saturated carbocycles. The van der Waals surface area contributed by atoms with Crippen LogP contribution in [0.3, 0.4) is 0 Å². The molecule has 3 fully saturated rings. The van der Waals surface area contributed by atoms with Crippen LogP contribution >= 0.6 is 0 Å². The van der Waals surface area contributed by atoms with E-state index in [-0.39, 0.29) is 5.78 Å². The van der Waals surface area contributed by atoms with Crippen LogP contribution in [0.5, 0.6) is 0 Å². The number of Topliss-reactive ketones (excluding diaryl/α,β-unsaturated/α-hetero) is 1. The van der Waals surface area contributed by atoms with E-state index in [0.29, 0.717) is 19.3 Å². The standard InChI is InChI=1S/C7H9FN2O/c8-7-2-6(3-7,4-7)5(11)1-10-9/h1H,2-4,9H2/b10-1-/t6-,7-. The van der Waals surface area contributed by atoms with E-state index in [1.54, 1.807) is 0 Å². The second-order valence-corrected chi connectivity index (χ2v) is 3.60. The van der Waals surface area contributed by atoms with Gasteiger partial charge in [-0.15, -0.1) is 0 Å². The normalized spacial score (nSPS) is 46.6. The molecule has 0 atom stereocenters. The van der Waals surface area contributed by atoms with Gasteiger partial charge in [-0.3, -0.25) is 4.79 Å². The molecule has 0 heterocycles. The largest absolute Gasteiger partial charge is 0.323 e. The lowest BCUT2D eigenvalue weighted by Gasteiger charge is -2.64. The van der Waals surface area contributed by atoms with Crippen LogP contribution in [-0.2, 0) is 4.79 Å². The number of alkyl halides is 1. The molecule has 0 aromatic carbocycles. The third-order valence-corrected chi connectivity index (χ3v) is 2.68. The molecule has 0 aliphatic heterocycles. The molecular formula is C7H9FN2O. The summed E-state index contributed by atoms with van der Waals surface area (Å²) in [6.07, 6.45) is 2.24. The number of hydrazone groups is 1. The molecule has 2 N–H and O–H groups in total. The number of carbonyl (C=O) groups excluding carboxylic acids is 1. The first kappa shape index (κ1) is 6.76. The molecule has 3 aliphatic rings. The zero-order valence-electron chi connectivity index (χ0n) is 6.01. The van der Waals surface area contributed by atoms with Crippen molar-refractivity contribution in [3.05, 3.63) is 0 Å². The molecule has 0 radical (unpaired) electrons. The van der Waals surface area contributed by atoms with E-state index in [9.17, 15) is 9.18 Å². The minimum atomic E-state index is -1.02. The van der Waals surface area contributed by atoms with Crippen LogP contribution in [-0.4, -0.2) is 17.7 Å². The van der Waals surface area contributed by atoms with E-state index in [0.717, 1.165) is 6.21 Å². The van der Waals surface area contributed by atoms with E-state index in [1.807, 2.05) is 0 Å². The fourth-order valence-electron chi connectivity index (χ4n) is 2.13. The summed E-state index contributed by atoms with van der Waals surface area (Å²) >= 11 is 0. The van der Waals surface area contributed by atoms with Crippen LogP contribution in [0.25, 0.3) is 0 Å². The summed E-state index contributed by atoms with van der Waals surface area (Å²) in [6, 6.07) is 0. The molecule has 3 rings (SSSR count). The number of hydrogen-bond acceptors (Lipinski definition) is 3. The smallest absolute Gasteiger partial charge is 0.182 e. The number of hydrogen-bond donors (Lipinski definition) is 1. The number of nitrogens with zero attached hydrogens (tertiary/aromatic N) is 1. The number of nitrogens with two attached hydrogens (primary N) is 1. The van der Waals surface area contributed by atoms with Crippen molar-refractivity contribution in [1.29, 1.82) is 0 Å². The van der Waals surface area contributed by atoms with Crippen LogP contribution in [0, 0.1) is 5.41 Å². The minimum absolute atomic E-state index is 0.112. The summed E-state index contributed by atoms with van der Waals surface area (Å²) in [5, 5.41) is 3.13. The molecule has 0 aromatic heterocycles. The van der Waals surface area contributed by atoms with Crippen LogP contribution in [0.4, 0.5) is 4.39 Å². The Bertz CT molecular complexity index is 229. The predicted octanol–water partition coefficient (Wildman–Crippen LogP) is 0.392. The molecular weight excluding hydrogens is 147 g/mol. The van der Waals surface area contributed by atoms with Gasteiger partial charge in [-0.2, -0.15) is 5.10 Å². The van der Waals surface area contributed by atoms with Crippen LogP contribution < -0.4 is 5.84 Å². The molecule has 0 aromatic rings. The van der Waals surface area contributed by atoms with Crippen molar-refractivity contribution in [1.82, 2.24) is 0 Å². The first-order valence-corrected chi connectivity index (χ1v) is 3.57.